The molecular formula is C13H27N3O2. The molecular weight excluding hydrogens is 230 g/mol. The number of piperidine rings is 1. The van der Waals surface area contributed by atoms with Crippen LogP contribution in [0.4, 0.5) is 4.79 Å². The molecule has 1 saturated heterocycles. The van der Waals surface area contributed by atoms with Crippen LogP contribution in [0.15, 0.2) is 0 Å². The Morgan fingerprint density at radius 1 is 1.39 bits per heavy atom. The first-order chi connectivity index (χ1) is 8.61. The molecule has 1 heterocycles. The maximum absolute atomic E-state index is 11.5. The van der Waals surface area contributed by atoms with Crippen molar-refractivity contribution in [2.45, 2.75) is 32.7 Å². The molecule has 0 aromatic carbocycles. The van der Waals surface area contributed by atoms with E-state index >= 15 is 0 Å². The third-order valence-corrected chi connectivity index (χ3v) is 3.29. The van der Waals surface area contributed by atoms with Gasteiger partial charge in [-0.15, -0.1) is 0 Å². The first-order valence-corrected chi connectivity index (χ1v) is 6.87. The molecule has 0 aromatic heterocycles. The number of likely N-dealkylation sites (tertiary alicyclic amines) is 1. The quantitative estimate of drug-likeness (QED) is 0.748. The molecule has 1 aliphatic rings. The van der Waals surface area contributed by atoms with Gasteiger partial charge in [-0.25, -0.2) is 4.79 Å². The molecule has 0 atom stereocenters. The first-order valence-electron chi connectivity index (χ1n) is 6.87. The lowest BCUT2D eigenvalue weighted by Crippen LogP contribution is -2.44. The monoisotopic (exact) mass is 257 g/mol. The Balaban J connectivity index is 2.10. The van der Waals surface area contributed by atoms with Crippen LogP contribution in [-0.4, -0.2) is 56.9 Å². The molecule has 1 rings (SSSR count). The maximum atomic E-state index is 11.5. The minimum Gasteiger partial charge on any atom is -0.383 e. The van der Waals surface area contributed by atoms with E-state index in [9.17, 15) is 4.79 Å². The molecule has 5 heteroatoms. The molecule has 1 fully saturated rings. The number of rotatable bonds is 6. The minimum absolute atomic E-state index is 0.0492. The Bertz CT molecular complexity index is 238. The van der Waals surface area contributed by atoms with Crippen molar-refractivity contribution in [3.8, 4) is 0 Å². The highest BCUT2D eigenvalue weighted by atomic mass is 16.5. The second-order valence-electron chi connectivity index (χ2n) is 5.29. The van der Waals surface area contributed by atoms with Gasteiger partial charge in [0.05, 0.1) is 6.61 Å². The summed E-state index contributed by atoms with van der Waals surface area (Å²) in [5, 5.41) is 5.79. The number of ether oxygens (including phenoxy) is 1. The number of hydrogen-bond acceptors (Lipinski definition) is 3. The molecule has 0 aliphatic carbocycles. The Morgan fingerprint density at radius 3 is 2.61 bits per heavy atom. The maximum Gasteiger partial charge on any atom is 0.314 e. The van der Waals surface area contributed by atoms with E-state index in [-0.39, 0.29) is 12.1 Å². The van der Waals surface area contributed by atoms with Crippen molar-refractivity contribution in [3.63, 3.8) is 0 Å². The fourth-order valence-electron chi connectivity index (χ4n) is 2.18. The highest BCUT2D eigenvalue weighted by Gasteiger charge is 2.19. The third kappa shape index (κ3) is 6.21. The largest absolute Gasteiger partial charge is 0.383 e. The molecule has 0 aromatic rings. The van der Waals surface area contributed by atoms with Gasteiger partial charge in [0.1, 0.15) is 0 Å². The first kappa shape index (κ1) is 15.2. The fourth-order valence-corrected chi connectivity index (χ4v) is 2.18. The predicted octanol–water partition coefficient (Wildman–Crippen LogP) is 1.05. The zero-order valence-electron chi connectivity index (χ0n) is 11.9. The molecule has 106 valence electrons. The number of carbonyl (C=O) groups excluding carboxylic acids is 1. The van der Waals surface area contributed by atoms with Crippen LogP contribution in [0.2, 0.25) is 0 Å². The van der Waals surface area contributed by atoms with Gasteiger partial charge in [-0.1, -0.05) is 0 Å². The lowest BCUT2D eigenvalue weighted by atomic mass is 9.97. The molecule has 2 amide bonds. The molecule has 5 nitrogen and oxygen atoms in total. The Labute approximate surface area is 110 Å². The van der Waals surface area contributed by atoms with Gasteiger partial charge in [0.2, 0.25) is 0 Å². The van der Waals surface area contributed by atoms with Gasteiger partial charge < -0.3 is 20.3 Å². The number of nitrogens with one attached hydrogen (secondary N) is 2. The second-order valence-corrected chi connectivity index (χ2v) is 5.29. The highest BCUT2D eigenvalue weighted by molar-refractivity contribution is 5.74. The molecule has 1 aliphatic heterocycles. The standard InChI is InChI=1S/C13H27N3O2/c1-11(2)15-13(17)14-10-12-4-6-16(7-5-12)8-9-18-3/h11-12H,4-10H2,1-3H3,(H2,14,15,17). The van der Waals surface area contributed by atoms with E-state index in [0.717, 1.165) is 45.6 Å². The number of carbonyl (C=O) groups is 1. The van der Waals surface area contributed by atoms with Gasteiger partial charge in [0, 0.05) is 26.2 Å². The summed E-state index contributed by atoms with van der Waals surface area (Å²) in [7, 11) is 1.74. The SMILES string of the molecule is COCCN1CCC(CNC(=O)NC(C)C)CC1. The van der Waals surface area contributed by atoms with Crippen LogP contribution >= 0.6 is 0 Å². The van der Waals surface area contributed by atoms with Crippen LogP contribution in [0.25, 0.3) is 0 Å². The Kier molecular flexibility index (Phi) is 7.05. The van der Waals surface area contributed by atoms with Crippen LogP contribution in [0.3, 0.4) is 0 Å². The summed E-state index contributed by atoms with van der Waals surface area (Å²) < 4.78 is 5.08. The van der Waals surface area contributed by atoms with E-state index in [1.54, 1.807) is 7.11 Å². The summed E-state index contributed by atoms with van der Waals surface area (Å²) in [5.74, 6) is 0.613. The predicted molar refractivity (Wildman–Crippen MR) is 72.7 cm³/mol. The molecule has 0 bridgehead atoms. The van der Waals surface area contributed by atoms with Crippen molar-refractivity contribution < 1.29 is 9.53 Å². The van der Waals surface area contributed by atoms with E-state index in [0.29, 0.717) is 5.92 Å². The highest BCUT2D eigenvalue weighted by Crippen LogP contribution is 2.15. The average Bonchev–Trinajstić information content (AvgIpc) is 2.34. The zero-order chi connectivity index (χ0) is 13.4. The summed E-state index contributed by atoms with van der Waals surface area (Å²) in [4.78, 5) is 13.9. The van der Waals surface area contributed by atoms with Gasteiger partial charge in [-0.3, -0.25) is 0 Å². The lowest BCUT2D eigenvalue weighted by Gasteiger charge is -2.31. The molecule has 0 radical (unpaired) electrons. The number of amides is 2. The van der Waals surface area contributed by atoms with Gasteiger partial charge in [-0.05, 0) is 45.7 Å². The number of methoxy groups -OCH3 is 1. The second kappa shape index (κ2) is 8.32. The smallest absolute Gasteiger partial charge is 0.314 e. The number of hydrogen-bond donors (Lipinski definition) is 2. The van der Waals surface area contributed by atoms with Crippen LogP contribution in [0.1, 0.15) is 26.7 Å². The van der Waals surface area contributed by atoms with Crippen molar-refractivity contribution in [2.75, 3.05) is 39.9 Å². The zero-order valence-corrected chi connectivity index (χ0v) is 11.9. The van der Waals surface area contributed by atoms with Gasteiger partial charge in [0.25, 0.3) is 0 Å². The van der Waals surface area contributed by atoms with Crippen molar-refractivity contribution in [3.05, 3.63) is 0 Å². The summed E-state index contributed by atoms with van der Waals surface area (Å²) in [6.07, 6.45) is 2.32. The molecule has 18 heavy (non-hydrogen) atoms. The Morgan fingerprint density at radius 2 is 2.06 bits per heavy atom. The van der Waals surface area contributed by atoms with Gasteiger partial charge >= 0.3 is 6.03 Å². The van der Waals surface area contributed by atoms with E-state index in [4.69, 9.17) is 4.74 Å². The van der Waals surface area contributed by atoms with Crippen molar-refractivity contribution in [2.24, 2.45) is 5.92 Å². The normalized spacial score (nSPS) is 18.0. The van der Waals surface area contributed by atoms with Crippen LogP contribution in [0, 0.1) is 5.92 Å². The summed E-state index contributed by atoms with van der Waals surface area (Å²) in [6.45, 7) is 8.77. The van der Waals surface area contributed by atoms with E-state index in [1.807, 2.05) is 13.8 Å². The lowest BCUT2D eigenvalue weighted by molar-refractivity contribution is 0.120. The molecule has 2 N–H and O–H groups in total. The fraction of sp³-hybridized carbons (Fsp3) is 0.923. The summed E-state index contributed by atoms with van der Waals surface area (Å²) in [5.41, 5.74) is 0. The Hall–Kier alpha value is -0.810. The third-order valence-electron chi connectivity index (χ3n) is 3.29. The molecule has 0 unspecified atom stereocenters. The summed E-state index contributed by atoms with van der Waals surface area (Å²) in [6, 6.07) is 0.146. The van der Waals surface area contributed by atoms with E-state index in [1.165, 1.54) is 0 Å². The van der Waals surface area contributed by atoms with Crippen LogP contribution in [0.5, 0.6) is 0 Å². The van der Waals surface area contributed by atoms with Crippen LogP contribution in [-0.2, 0) is 4.74 Å². The topological polar surface area (TPSA) is 53.6 Å². The van der Waals surface area contributed by atoms with Crippen molar-refractivity contribution in [1.82, 2.24) is 15.5 Å². The molecule has 0 spiro atoms. The number of urea groups is 1. The van der Waals surface area contributed by atoms with Crippen LogP contribution < -0.4 is 10.6 Å². The van der Waals surface area contributed by atoms with E-state index in [2.05, 4.69) is 15.5 Å². The van der Waals surface area contributed by atoms with E-state index < -0.39 is 0 Å². The van der Waals surface area contributed by atoms with Crippen molar-refractivity contribution >= 4 is 6.03 Å². The van der Waals surface area contributed by atoms with Crippen molar-refractivity contribution in [1.29, 1.82) is 0 Å². The summed E-state index contributed by atoms with van der Waals surface area (Å²) >= 11 is 0. The number of nitrogens with zero attached hydrogens (tertiary/aromatic N) is 1. The minimum atomic E-state index is -0.0492. The van der Waals surface area contributed by atoms with Gasteiger partial charge in [-0.2, -0.15) is 0 Å². The van der Waals surface area contributed by atoms with Gasteiger partial charge in [0.15, 0.2) is 0 Å². The average molecular weight is 257 g/mol. The molecule has 0 saturated carbocycles.